The number of aliphatic hydroxyl groups is 1. The number of aliphatic hydroxyl groups excluding tert-OH is 1. The van der Waals surface area contributed by atoms with Crippen molar-refractivity contribution in [2.24, 2.45) is 0 Å². The van der Waals surface area contributed by atoms with Gasteiger partial charge in [0.25, 0.3) is 0 Å². The molecule has 0 saturated carbocycles. The van der Waals surface area contributed by atoms with Crippen molar-refractivity contribution in [1.82, 2.24) is 0 Å². The van der Waals surface area contributed by atoms with E-state index >= 15 is 0 Å². The van der Waals surface area contributed by atoms with Gasteiger partial charge in [-0.25, -0.2) is 0 Å². The predicted molar refractivity (Wildman–Crippen MR) is 247 cm³/mol. The van der Waals surface area contributed by atoms with Crippen LogP contribution in [-0.2, 0) is 55.5 Å². The molecule has 3 aromatic rings. The van der Waals surface area contributed by atoms with Crippen LogP contribution in [0.25, 0.3) is 0 Å². The minimum absolute atomic E-state index is 0.0907. The Morgan fingerprint density at radius 3 is 1.94 bits per heavy atom. The molecule has 5 aliphatic heterocycles. The first-order valence-electron chi connectivity index (χ1n) is 24.1. The molecule has 3 aromatic carbocycles. The minimum atomic E-state index is -1.87. The van der Waals surface area contributed by atoms with E-state index < -0.39 is 26.8 Å². The number of hydrogen-bond acceptors (Lipinski definition) is 11. The van der Waals surface area contributed by atoms with Crippen LogP contribution in [0.15, 0.2) is 84.9 Å². The second-order valence-electron chi connectivity index (χ2n) is 20.2. The molecular formula is C52H74O11Si. The third kappa shape index (κ3) is 12.2. The highest BCUT2D eigenvalue weighted by molar-refractivity contribution is 6.74. The van der Waals surface area contributed by atoms with E-state index in [1.807, 2.05) is 60.7 Å². The number of methoxy groups -OCH3 is 1. The maximum atomic E-state index is 11.8. The molecule has 0 aromatic heterocycles. The molecule has 0 spiro atoms. The molecule has 8 rings (SSSR count). The van der Waals surface area contributed by atoms with Crippen molar-refractivity contribution in [3.63, 3.8) is 0 Å². The predicted octanol–water partition coefficient (Wildman–Crippen LogP) is 9.63. The van der Waals surface area contributed by atoms with E-state index in [2.05, 4.69) is 58.1 Å². The van der Waals surface area contributed by atoms with Crippen molar-refractivity contribution in [3.8, 4) is 5.75 Å². The summed E-state index contributed by atoms with van der Waals surface area (Å²) in [5.41, 5.74) is 3.19. The fourth-order valence-corrected chi connectivity index (χ4v) is 10.9. The van der Waals surface area contributed by atoms with Gasteiger partial charge < -0.3 is 52.2 Å². The van der Waals surface area contributed by atoms with Crippen LogP contribution >= 0.6 is 0 Å². The molecule has 5 aliphatic rings. The molecule has 0 unspecified atom stereocenters. The van der Waals surface area contributed by atoms with Crippen molar-refractivity contribution >= 4 is 8.32 Å². The van der Waals surface area contributed by atoms with E-state index in [0.29, 0.717) is 52.1 Å². The van der Waals surface area contributed by atoms with Gasteiger partial charge in [0.2, 0.25) is 0 Å². The Morgan fingerprint density at radius 2 is 1.22 bits per heavy atom. The maximum absolute atomic E-state index is 11.8. The quantitative estimate of drug-likeness (QED) is 0.116. The Bertz CT molecular complexity index is 1840. The summed E-state index contributed by atoms with van der Waals surface area (Å²) in [5.74, 6) is 0.806. The Hall–Kier alpha value is -2.72. The lowest BCUT2D eigenvalue weighted by molar-refractivity contribution is -0.271. The van der Waals surface area contributed by atoms with E-state index in [9.17, 15) is 5.11 Å². The Labute approximate surface area is 382 Å². The normalized spacial score (nSPS) is 33.7. The summed E-state index contributed by atoms with van der Waals surface area (Å²) in [4.78, 5) is 0. The van der Waals surface area contributed by atoms with Crippen molar-refractivity contribution in [1.29, 1.82) is 0 Å². The fraction of sp³-hybridized carbons (Fsp3) is 0.654. The molecular weight excluding hydrogens is 829 g/mol. The standard InChI is InChI=1S/C52H74O11Si/c1-52(2,3)64(5,6)58-29-13-18-41-47(56-32-35-14-9-7-10-15-35)31-49-44(59-41)26-25-40(55-33-36-19-21-38(54-4)22-20-36)48(62-49)30-46-39(53)23-24-42-43(60-46)27-28-45-50(61-42)34-57-51(63-45)37-16-11-8-12-17-37/h7-12,14-17,19-22,39-51,53H,13,18,23-34H2,1-6H3/t39-,40+,41+,42+,43-,44-,45+,46+,47-,48-,49+,50-,51-/m1/s1. The average molecular weight is 903 g/mol. The molecule has 13 atom stereocenters. The van der Waals surface area contributed by atoms with E-state index in [4.69, 9.17) is 47.1 Å². The van der Waals surface area contributed by atoms with E-state index in [-0.39, 0.29) is 66.1 Å². The van der Waals surface area contributed by atoms with Crippen molar-refractivity contribution in [2.75, 3.05) is 20.3 Å². The highest BCUT2D eigenvalue weighted by Crippen LogP contribution is 2.41. The molecule has 5 fully saturated rings. The number of ether oxygens (including phenoxy) is 9. The fourth-order valence-electron chi connectivity index (χ4n) is 9.77. The molecule has 0 amide bonds. The monoisotopic (exact) mass is 903 g/mol. The molecule has 0 aliphatic carbocycles. The summed E-state index contributed by atoms with van der Waals surface area (Å²) in [6, 6.07) is 28.5. The van der Waals surface area contributed by atoms with Crippen LogP contribution in [0.1, 0.15) is 108 Å². The number of fused-ring (bicyclic) bond motifs is 3. The number of rotatable bonds is 15. The van der Waals surface area contributed by atoms with E-state index in [1.165, 1.54) is 0 Å². The van der Waals surface area contributed by atoms with Gasteiger partial charge in [-0.2, -0.15) is 0 Å². The summed E-state index contributed by atoms with van der Waals surface area (Å²) in [7, 11) is -0.198. The largest absolute Gasteiger partial charge is 0.497 e. The smallest absolute Gasteiger partial charge is 0.191 e. The number of hydrogen-bond donors (Lipinski definition) is 1. The second-order valence-corrected chi connectivity index (χ2v) is 25.0. The Morgan fingerprint density at radius 1 is 0.625 bits per heavy atom. The van der Waals surface area contributed by atoms with Gasteiger partial charge in [0.1, 0.15) is 11.9 Å². The van der Waals surface area contributed by atoms with Gasteiger partial charge in [-0.1, -0.05) is 93.6 Å². The van der Waals surface area contributed by atoms with Crippen LogP contribution in [0.3, 0.4) is 0 Å². The van der Waals surface area contributed by atoms with Crippen LogP contribution in [0.5, 0.6) is 5.75 Å². The summed E-state index contributed by atoms with van der Waals surface area (Å²) >= 11 is 0. The molecule has 11 nitrogen and oxygen atoms in total. The summed E-state index contributed by atoms with van der Waals surface area (Å²) in [6.45, 7) is 13.6. The van der Waals surface area contributed by atoms with Crippen LogP contribution in [0, 0.1) is 0 Å². The minimum Gasteiger partial charge on any atom is -0.497 e. The van der Waals surface area contributed by atoms with Gasteiger partial charge in [-0.3, -0.25) is 0 Å². The van der Waals surface area contributed by atoms with Gasteiger partial charge in [-0.15, -0.1) is 0 Å². The van der Waals surface area contributed by atoms with Crippen LogP contribution in [0.4, 0.5) is 0 Å². The molecule has 12 heteroatoms. The second kappa shape index (κ2) is 21.9. The Kier molecular flexibility index (Phi) is 16.4. The topological polar surface area (TPSA) is 113 Å². The van der Waals surface area contributed by atoms with Gasteiger partial charge in [0.15, 0.2) is 14.6 Å². The van der Waals surface area contributed by atoms with E-state index in [1.54, 1.807) is 7.11 Å². The average Bonchev–Trinajstić information content (AvgIpc) is 3.65. The van der Waals surface area contributed by atoms with Crippen LogP contribution in [-0.4, -0.2) is 107 Å². The highest BCUT2D eigenvalue weighted by atomic mass is 28.4. The van der Waals surface area contributed by atoms with Crippen LogP contribution < -0.4 is 4.74 Å². The van der Waals surface area contributed by atoms with E-state index in [0.717, 1.165) is 61.0 Å². The highest BCUT2D eigenvalue weighted by Gasteiger charge is 2.47. The molecule has 0 bridgehead atoms. The van der Waals surface area contributed by atoms with Crippen molar-refractivity contribution < 1.29 is 52.2 Å². The molecule has 5 heterocycles. The molecule has 1 N–H and O–H groups in total. The number of benzene rings is 3. The zero-order valence-corrected chi connectivity index (χ0v) is 40.0. The first kappa shape index (κ1) is 47.8. The van der Waals surface area contributed by atoms with Gasteiger partial charge >= 0.3 is 0 Å². The lowest BCUT2D eigenvalue weighted by Crippen LogP contribution is -2.50. The first-order valence-corrected chi connectivity index (χ1v) is 27.0. The zero-order valence-electron chi connectivity index (χ0n) is 39.0. The van der Waals surface area contributed by atoms with Gasteiger partial charge in [-0.05, 0) is 92.8 Å². The van der Waals surface area contributed by atoms with Crippen molar-refractivity contribution in [2.45, 2.75) is 196 Å². The molecule has 5 saturated heterocycles. The summed E-state index contributed by atoms with van der Waals surface area (Å²) in [6.07, 6.45) is 3.85. The van der Waals surface area contributed by atoms with Crippen LogP contribution in [0.2, 0.25) is 18.1 Å². The zero-order chi connectivity index (χ0) is 44.7. The first-order chi connectivity index (χ1) is 30.9. The summed E-state index contributed by atoms with van der Waals surface area (Å²) < 4.78 is 66.3. The van der Waals surface area contributed by atoms with Crippen molar-refractivity contribution in [3.05, 3.63) is 102 Å². The SMILES string of the molecule is COc1ccc(CO[C@H]2CC[C@H]3O[C@@H](CCCO[Si](C)(C)C(C)(C)C)[C@H](OCc4ccccc4)C[C@@H]3O[C@@H]2C[C@@H]2O[C@@H]3CC[C@@H]4O[C@H](c5ccccc5)OC[C@H]4O[C@H]3CC[C@H]2O)cc1. The summed E-state index contributed by atoms with van der Waals surface area (Å²) in [5, 5.41) is 12.0. The third-order valence-electron chi connectivity index (χ3n) is 14.7. The molecule has 0 radical (unpaired) electrons. The lowest BCUT2D eigenvalue weighted by Gasteiger charge is -2.42. The lowest BCUT2D eigenvalue weighted by atomic mass is 9.93. The maximum Gasteiger partial charge on any atom is 0.191 e. The molecule has 352 valence electrons. The van der Waals surface area contributed by atoms with Gasteiger partial charge in [0, 0.05) is 25.0 Å². The molecule has 64 heavy (non-hydrogen) atoms. The Balaban J connectivity index is 0.974. The third-order valence-corrected chi connectivity index (χ3v) is 19.2. The van der Waals surface area contributed by atoms with Gasteiger partial charge in [0.05, 0.1) is 94.1 Å².